The van der Waals surface area contributed by atoms with Crippen LogP contribution in [0, 0.1) is 6.92 Å². The summed E-state index contributed by atoms with van der Waals surface area (Å²) in [6.45, 7) is 7.58. The standard InChI is InChI=1S/C17H22BrNS/c1-4-6-15(19-5-2)17-8-7-16(20-17)13-9-12(3)10-14(18)11-13/h7-11,15,19H,4-6H2,1-3H3. The maximum atomic E-state index is 3.59. The molecular weight excluding hydrogens is 330 g/mol. The molecule has 0 aliphatic carbocycles. The Bertz CT molecular complexity index is 536. The van der Waals surface area contributed by atoms with Gasteiger partial charge in [-0.05, 0) is 55.3 Å². The van der Waals surface area contributed by atoms with Crippen LogP contribution in [-0.4, -0.2) is 6.54 Å². The van der Waals surface area contributed by atoms with Crippen LogP contribution in [0.3, 0.4) is 0 Å². The van der Waals surface area contributed by atoms with Crippen LogP contribution in [0.25, 0.3) is 10.4 Å². The molecule has 3 heteroatoms. The number of benzene rings is 1. The normalized spacial score (nSPS) is 12.6. The second-order valence-corrected chi connectivity index (χ2v) is 7.15. The Morgan fingerprint density at radius 2 is 2.00 bits per heavy atom. The SMILES string of the molecule is CCCC(NCC)c1ccc(-c2cc(C)cc(Br)c2)s1. The van der Waals surface area contributed by atoms with Gasteiger partial charge in [0.1, 0.15) is 0 Å². The number of hydrogen-bond donors (Lipinski definition) is 1. The summed E-state index contributed by atoms with van der Waals surface area (Å²) < 4.78 is 1.15. The highest BCUT2D eigenvalue weighted by atomic mass is 79.9. The molecular formula is C17H22BrNS. The molecule has 1 heterocycles. The van der Waals surface area contributed by atoms with Gasteiger partial charge in [-0.2, -0.15) is 0 Å². The van der Waals surface area contributed by atoms with E-state index in [0.717, 1.165) is 11.0 Å². The largest absolute Gasteiger partial charge is 0.310 e. The second kappa shape index (κ2) is 7.39. The predicted molar refractivity (Wildman–Crippen MR) is 93.5 cm³/mol. The van der Waals surface area contributed by atoms with Crippen molar-refractivity contribution in [3.05, 3.63) is 45.2 Å². The van der Waals surface area contributed by atoms with Gasteiger partial charge in [0, 0.05) is 20.3 Å². The molecule has 1 nitrogen and oxygen atoms in total. The van der Waals surface area contributed by atoms with E-state index in [0.29, 0.717) is 6.04 Å². The fraction of sp³-hybridized carbons (Fsp3) is 0.412. The second-order valence-electron chi connectivity index (χ2n) is 5.12. The van der Waals surface area contributed by atoms with Gasteiger partial charge >= 0.3 is 0 Å². The Hall–Kier alpha value is -0.640. The van der Waals surface area contributed by atoms with Crippen LogP contribution in [0.5, 0.6) is 0 Å². The summed E-state index contributed by atoms with van der Waals surface area (Å²) in [5.74, 6) is 0. The number of aryl methyl sites for hydroxylation is 1. The summed E-state index contributed by atoms with van der Waals surface area (Å²) in [4.78, 5) is 2.80. The number of rotatable bonds is 6. The summed E-state index contributed by atoms with van der Waals surface area (Å²) in [5, 5.41) is 3.59. The van der Waals surface area contributed by atoms with E-state index < -0.39 is 0 Å². The van der Waals surface area contributed by atoms with E-state index in [2.05, 4.69) is 72.3 Å². The molecule has 0 bridgehead atoms. The van der Waals surface area contributed by atoms with Crippen molar-refractivity contribution < 1.29 is 0 Å². The minimum absolute atomic E-state index is 0.497. The number of nitrogens with one attached hydrogen (secondary N) is 1. The van der Waals surface area contributed by atoms with E-state index in [9.17, 15) is 0 Å². The monoisotopic (exact) mass is 351 g/mol. The molecule has 1 atom stereocenters. The van der Waals surface area contributed by atoms with Crippen molar-refractivity contribution in [1.82, 2.24) is 5.32 Å². The van der Waals surface area contributed by atoms with Crippen molar-refractivity contribution in [1.29, 1.82) is 0 Å². The molecule has 0 fully saturated rings. The van der Waals surface area contributed by atoms with Crippen molar-refractivity contribution in [3.8, 4) is 10.4 Å². The highest BCUT2D eigenvalue weighted by Crippen LogP contribution is 2.34. The van der Waals surface area contributed by atoms with E-state index in [1.165, 1.54) is 33.7 Å². The van der Waals surface area contributed by atoms with Gasteiger partial charge in [0.2, 0.25) is 0 Å². The molecule has 0 spiro atoms. The van der Waals surface area contributed by atoms with Crippen LogP contribution in [0.15, 0.2) is 34.8 Å². The molecule has 2 rings (SSSR count). The molecule has 108 valence electrons. The van der Waals surface area contributed by atoms with E-state index in [4.69, 9.17) is 0 Å². The molecule has 0 saturated carbocycles. The van der Waals surface area contributed by atoms with Crippen molar-refractivity contribution in [2.75, 3.05) is 6.54 Å². The molecule has 1 aromatic heterocycles. The maximum Gasteiger partial charge on any atom is 0.0414 e. The van der Waals surface area contributed by atoms with Gasteiger partial charge in [0.25, 0.3) is 0 Å². The molecule has 1 N–H and O–H groups in total. The van der Waals surface area contributed by atoms with Crippen molar-refractivity contribution in [2.45, 2.75) is 39.7 Å². The summed E-state index contributed by atoms with van der Waals surface area (Å²) in [6.07, 6.45) is 2.41. The lowest BCUT2D eigenvalue weighted by Crippen LogP contribution is -2.19. The van der Waals surface area contributed by atoms with Crippen molar-refractivity contribution in [3.63, 3.8) is 0 Å². The zero-order chi connectivity index (χ0) is 14.5. The Morgan fingerprint density at radius 3 is 2.65 bits per heavy atom. The van der Waals surface area contributed by atoms with E-state index >= 15 is 0 Å². The molecule has 0 radical (unpaired) electrons. The first kappa shape index (κ1) is 15.7. The molecule has 0 amide bonds. The first-order valence-electron chi connectivity index (χ1n) is 7.24. The first-order chi connectivity index (χ1) is 9.63. The van der Waals surface area contributed by atoms with Crippen LogP contribution < -0.4 is 5.32 Å². The lowest BCUT2D eigenvalue weighted by Gasteiger charge is -2.15. The minimum atomic E-state index is 0.497. The van der Waals surface area contributed by atoms with Crippen LogP contribution in [0.2, 0.25) is 0 Å². The van der Waals surface area contributed by atoms with Crippen LogP contribution in [-0.2, 0) is 0 Å². The molecule has 1 aromatic carbocycles. The average Bonchev–Trinajstić information content (AvgIpc) is 2.87. The Labute approximate surface area is 134 Å². The molecule has 20 heavy (non-hydrogen) atoms. The molecule has 0 aliphatic heterocycles. The fourth-order valence-corrected chi connectivity index (χ4v) is 4.17. The first-order valence-corrected chi connectivity index (χ1v) is 8.85. The summed E-state index contributed by atoms with van der Waals surface area (Å²) >= 11 is 5.50. The lowest BCUT2D eigenvalue weighted by molar-refractivity contribution is 0.516. The highest BCUT2D eigenvalue weighted by molar-refractivity contribution is 9.10. The van der Waals surface area contributed by atoms with Gasteiger partial charge in [0.15, 0.2) is 0 Å². The van der Waals surface area contributed by atoms with Crippen molar-refractivity contribution in [2.24, 2.45) is 0 Å². The Kier molecular flexibility index (Phi) is 5.82. The quantitative estimate of drug-likeness (QED) is 0.679. The third-order valence-electron chi connectivity index (χ3n) is 3.32. The third-order valence-corrected chi connectivity index (χ3v) is 5.03. The van der Waals surface area contributed by atoms with Gasteiger partial charge in [0.05, 0.1) is 0 Å². The topological polar surface area (TPSA) is 12.0 Å². The Balaban J connectivity index is 2.27. The van der Waals surface area contributed by atoms with Crippen LogP contribution in [0.1, 0.15) is 43.2 Å². The van der Waals surface area contributed by atoms with Gasteiger partial charge < -0.3 is 5.32 Å². The maximum absolute atomic E-state index is 3.59. The highest BCUT2D eigenvalue weighted by Gasteiger charge is 2.12. The average molecular weight is 352 g/mol. The molecule has 1 unspecified atom stereocenters. The van der Waals surface area contributed by atoms with Gasteiger partial charge in [-0.25, -0.2) is 0 Å². The number of thiophene rings is 1. The fourth-order valence-electron chi connectivity index (χ4n) is 2.45. The number of halogens is 1. The van der Waals surface area contributed by atoms with Gasteiger partial charge in [-0.1, -0.05) is 42.3 Å². The van der Waals surface area contributed by atoms with Crippen LogP contribution in [0.4, 0.5) is 0 Å². The minimum Gasteiger partial charge on any atom is -0.310 e. The summed E-state index contributed by atoms with van der Waals surface area (Å²) in [6, 6.07) is 11.6. The van der Waals surface area contributed by atoms with E-state index in [1.54, 1.807) is 0 Å². The van der Waals surface area contributed by atoms with Crippen LogP contribution >= 0.6 is 27.3 Å². The molecule has 0 aliphatic rings. The third kappa shape index (κ3) is 3.94. The Morgan fingerprint density at radius 1 is 1.20 bits per heavy atom. The van der Waals surface area contributed by atoms with E-state index in [-0.39, 0.29) is 0 Å². The van der Waals surface area contributed by atoms with Gasteiger partial charge in [-0.15, -0.1) is 11.3 Å². The number of hydrogen-bond acceptors (Lipinski definition) is 2. The predicted octanol–water partition coefficient (Wildman–Crippen LogP) is 5.94. The van der Waals surface area contributed by atoms with Gasteiger partial charge in [-0.3, -0.25) is 0 Å². The smallest absolute Gasteiger partial charge is 0.0414 e. The zero-order valence-electron chi connectivity index (χ0n) is 12.4. The molecule has 0 saturated heterocycles. The lowest BCUT2D eigenvalue weighted by atomic mass is 10.1. The van der Waals surface area contributed by atoms with Crippen molar-refractivity contribution >= 4 is 27.3 Å². The summed E-state index contributed by atoms with van der Waals surface area (Å²) in [7, 11) is 0. The zero-order valence-corrected chi connectivity index (χ0v) is 14.8. The van der Waals surface area contributed by atoms with E-state index in [1.807, 2.05) is 11.3 Å². The summed E-state index contributed by atoms with van der Waals surface area (Å²) in [5.41, 5.74) is 2.60. The molecule has 2 aromatic rings.